The van der Waals surface area contributed by atoms with E-state index in [0.717, 1.165) is 5.56 Å². The number of carbonyl (C=O) groups is 1. The van der Waals surface area contributed by atoms with E-state index in [1.54, 1.807) is 33.4 Å². The van der Waals surface area contributed by atoms with Gasteiger partial charge in [0.25, 0.3) is 5.91 Å². The Bertz CT molecular complexity index is 988. The molecule has 0 saturated heterocycles. The van der Waals surface area contributed by atoms with Crippen LogP contribution in [0.4, 0.5) is 0 Å². The van der Waals surface area contributed by atoms with Gasteiger partial charge >= 0.3 is 0 Å². The van der Waals surface area contributed by atoms with Crippen LogP contribution < -0.4 is 14.2 Å². The fraction of sp³-hybridized carbons (Fsp3) is 0.318. The van der Waals surface area contributed by atoms with E-state index in [-0.39, 0.29) is 12.5 Å². The summed E-state index contributed by atoms with van der Waals surface area (Å²) in [5.41, 5.74) is 0.770. The lowest BCUT2D eigenvalue weighted by Gasteiger charge is -2.22. The Morgan fingerprint density at radius 3 is 2.43 bits per heavy atom. The average Bonchev–Trinajstić information content (AvgIpc) is 3.25. The second-order valence-corrected chi connectivity index (χ2v) is 6.63. The van der Waals surface area contributed by atoms with Crippen LogP contribution in [0.5, 0.6) is 17.2 Å². The van der Waals surface area contributed by atoms with Gasteiger partial charge in [0.2, 0.25) is 11.7 Å². The van der Waals surface area contributed by atoms with Crippen molar-refractivity contribution in [1.82, 2.24) is 15.0 Å². The van der Waals surface area contributed by atoms with E-state index in [1.807, 2.05) is 43.3 Å². The van der Waals surface area contributed by atoms with Gasteiger partial charge in [-0.1, -0.05) is 30.3 Å². The third-order valence-electron chi connectivity index (χ3n) is 4.51. The number of methoxy groups -OCH3 is 2. The van der Waals surface area contributed by atoms with Crippen LogP contribution in [0, 0.1) is 0 Å². The average molecular weight is 411 g/mol. The number of hydrogen-bond donors (Lipinski definition) is 0. The Hall–Kier alpha value is -3.55. The molecular weight excluding hydrogens is 386 g/mol. The van der Waals surface area contributed by atoms with Crippen molar-refractivity contribution in [2.45, 2.75) is 26.0 Å². The van der Waals surface area contributed by atoms with Crippen molar-refractivity contribution >= 4 is 5.91 Å². The molecule has 0 bridgehead atoms. The molecule has 158 valence electrons. The predicted octanol–water partition coefficient (Wildman–Crippen LogP) is 3.57. The summed E-state index contributed by atoms with van der Waals surface area (Å²) >= 11 is 0. The molecule has 1 aromatic heterocycles. The van der Waals surface area contributed by atoms with Gasteiger partial charge in [0.1, 0.15) is 17.2 Å². The molecule has 0 saturated carbocycles. The van der Waals surface area contributed by atoms with Crippen molar-refractivity contribution in [2.75, 3.05) is 21.3 Å². The maximum absolute atomic E-state index is 12.9. The first-order valence-corrected chi connectivity index (χ1v) is 9.56. The fourth-order valence-electron chi connectivity index (χ4n) is 2.87. The molecule has 30 heavy (non-hydrogen) atoms. The van der Waals surface area contributed by atoms with E-state index >= 15 is 0 Å². The lowest BCUT2D eigenvalue weighted by molar-refractivity contribution is -0.138. The van der Waals surface area contributed by atoms with Gasteiger partial charge in [-0.15, -0.1) is 0 Å². The lowest BCUT2D eigenvalue weighted by Crippen LogP contribution is -2.39. The number of aromatic nitrogens is 2. The highest BCUT2D eigenvalue weighted by molar-refractivity contribution is 5.81. The number of carbonyl (C=O) groups excluding carboxylic acids is 1. The molecular formula is C22H25N3O5. The molecule has 0 aliphatic rings. The summed E-state index contributed by atoms with van der Waals surface area (Å²) in [6.45, 7) is 2.07. The van der Waals surface area contributed by atoms with Crippen LogP contribution in [-0.2, 0) is 11.3 Å². The first-order valence-electron chi connectivity index (χ1n) is 9.56. The van der Waals surface area contributed by atoms with Gasteiger partial charge in [-0.3, -0.25) is 4.79 Å². The highest BCUT2D eigenvalue weighted by Crippen LogP contribution is 2.23. The molecule has 1 heterocycles. The fourth-order valence-corrected chi connectivity index (χ4v) is 2.87. The second-order valence-electron chi connectivity index (χ2n) is 6.63. The quantitative estimate of drug-likeness (QED) is 0.532. The van der Waals surface area contributed by atoms with Crippen molar-refractivity contribution in [3.05, 3.63) is 54.4 Å². The Morgan fingerprint density at radius 1 is 1.07 bits per heavy atom. The van der Waals surface area contributed by atoms with Crippen LogP contribution in [0.15, 0.2) is 53.1 Å². The zero-order chi connectivity index (χ0) is 21.5. The molecule has 0 fully saturated rings. The molecule has 1 amide bonds. The molecule has 8 nitrogen and oxygen atoms in total. The van der Waals surface area contributed by atoms with Crippen molar-refractivity contribution in [1.29, 1.82) is 0 Å². The minimum Gasteiger partial charge on any atom is -0.497 e. The number of likely N-dealkylation sites (N-methyl/N-ethyl adjacent to an activating group) is 1. The van der Waals surface area contributed by atoms with Crippen molar-refractivity contribution < 1.29 is 23.5 Å². The number of nitrogens with zero attached hydrogens (tertiary/aromatic N) is 3. The molecule has 0 spiro atoms. The third-order valence-corrected chi connectivity index (χ3v) is 4.51. The van der Waals surface area contributed by atoms with E-state index in [9.17, 15) is 4.79 Å². The summed E-state index contributed by atoms with van der Waals surface area (Å²) in [6, 6.07) is 14.5. The van der Waals surface area contributed by atoms with Crippen LogP contribution in [0.25, 0.3) is 11.4 Å². The molecule has 8 heteroatoms. The molecule has 0 aliphatic carbocycles. The smallest absolute Gasteiger partial charge is 0.263 e. The summed E-state index contributed by atoms with van der Waals surface area (Å²) in [6.07, 6.45) is -0.123. The first kappa shape index (κ1) is 21.2. The van der Waals surface area contributed by atoms with Gasteiger partial charge < -0.3 is 23.6 Å². The topological polar surface area (TPSA) is 86.9 Å². The molecule has 2 aromatic carbocycles. The Morgan fingerprint density at radius 2 is 1.73 bits per heavy atom. The molecule has 0 aliphatic heterocycles. The minimum absolute atomic E-state index is 0.174. The summed E-state index contributed by atoms with van der Waals surface area (Å²) < 4.78 is 21.6. The monoisotopic (exact) mass is 411 g/mol. The van der Waals surface area contributed by atoms with Crippen molar-refractivity contribution in [3.8, 4) is 28.6 Å². The SMILES string of the molecule is CC[C@@H](Oc1cccc(OC)c1)C(=O)N(C)Cc1nc(-c2cccc(OC)c2)no1. The maximum Gasteiger partial charge on any atom is 0.263 e. The van der Waals surface area contributed by atoms with Crippen LogP contribution in [-0.4, -0.2) is 48.3 Å². The van der Waals surface area contributed by atoms with E-state index in [2.05, 4.69) is 10.1 Å². The van der Waals surface area contributed by atoms with Crippen molar-refractivity contribution in [3.63, 3.8) is 0 Å². The van der Waals surface area contributed by atoms with Crippen molar-refractivity contribution in [2.24, 2.45) is 0 Å². The minimum atomic E-state index is -0.636. The molecule has 0 N–H and O–H groups in total. The van der Waals surface area contributed by atoms with E-state index in [0.29, 0.717) is 35.4 Å². The number of ether oxygens (including phenoxy) is 3. The van der Waals surface area contributed by atoms with E-state index in [4.69, 9.17) is 18.7 Å². The number of benzene rings is 2. The standard InChI is InChI=1S/C22H25N3O5/c1-5-19(29-18-11-7-10-17(13-18)28-4)22(26)25(2)14-20-23-21(24-30-20)15-8-6-9-16(12-15)27-3/h6-13,19H,5,14H2,1-4H3/t19-/m1/s1. The maximum atomic E-state index is 12.9. The molecule has 0 radical (unpaired) electrons. The second kappa shape index (κ2) is 9.78. The van der Waals surface area contributed by atoms with Crippen LogP contribution in [0.1, 0.15) is 19.2 Å². The molecule has 1 atom stereocenters. The molecule has 0 unspecified atom stereocenters. The first-order chi connectivity index (χ1) is 14.5. The van der Waals surface area contributed by atoms with Crippen LogP contribution in [0.3, 0.4) is 0 Å². The zero-order valence-electron chi connectivity index (χ0n) is 17.5. The number of hydrogen-bond acceptors (Lipinski definition) is 7. The van der Waals surface area contributed by atoms with E-state index < -0.39 is 6.10 Å². The van der Waals surface area contributed by atoms with E-state index in [1.165, 1.54) is 4.90 Å². The number of amides is 1. The van der Waals surface area contributed by atoms with Crippen LogP contribution in [0.2, 0.25) is 0 Å². The lowest BCUT2D eigenvalue weighted by atomic mass is 10.2. The summed E-state index contributed by atoms with van der Waals surface area (Å²) in [4.78, 5) is 18.8. The number of rotatable bonds is 9. The molecule has 3 aromatic rings. The Labute approximate surface area is 175 Å². The van der Waals surface area contributed by atoms with Crippen LogP contribution >= 0.6 is 0 Å². The summed E-state index contributed by atoms with van der Waals surface area (Å²) in [5.74, 6) is 2.53. The normalized spacial score (nSPS) is 11.6. The Kier molecular flexibility index (Phi) is 6.90. The highest BCUT2D eigenvalue weighted by Gasteiger charge is 2.24. The van der Waals surface area contributed by atoms with Gasteiger partial charge in [0.15, 0.2) is 6.10 Å². The van der Waals surface area contributed by atoms with Gasteiger partial charge in [0, 0.05) is 18.7 Å². The van der Waals surface area contributed by atoms with Gasteiger partial charge in [-0.05, 0) is 30.7 Å². The summed E-state index contributed by atoms with van der Waals surface area (Å²) in [7, 11) is 4.86. The highest BCUT2D eigenvalue weighted by atomic mass is 16.5. The summed E-state index contributed by atoms with van der Waals surface area (Å²) in [5, 5.41) is 4.00. The largest absolute Gasteiger partial charge is 0.497 e. The Balaban J connectivity index is 1.66. The zero-order valence-corrected chi connectivity index (χ0v) is 17.5. The third kappa shape index (κ3) is 5.08. The van der Waals surface area contributed by atoms with Gasteiger partial charge in [0.05, 0.1) is 20.8 Å². The van der Waals surface area contributed by atoms with Gasteiger partial charge in [-0.2, -0.15) is 4.98 Å². The van der Waals surface area contributed by atoms with Gasteiger partial charge in [-0.25, -0.2) is 0 Å². The molecule has 3 rings (SSSR count). The predicted molar refractivity (Wildman–Crippen MR) is 110 cm³/mol.